The zero-order chi connectivity index (χ0) is 20.6. The summed E-state index contributed by atoms with van der Waals surface area (Å²) in [6.45, 7) is 12.1. The number of ether oxygens (including phenoxy) is 1. The molecule has 0 radical (unpaired) electrons. The zero-order valence-corrected chi connectivity index (χ0v) is 18.3. The lowest BCUT2D eigenvalue weighted by molar-refractivity contribution is 0.00752. The standard InChI is InChI=1S/C20H34N4O3S/c1-5-21-20(22-14-17-6-8-18(9-7-17)28(4,25)26)23-15-19(16(2)3)24-10-12-27-13-11-24/h6-9,16,19H,5,10-15H2,1-4H3,(H2,21,22,23). The molecule has 158 valence electrons. The predicted molar refractivity (Wildman–Crippen MR) is 113 cm³/mol. The van der Waals surface area contributed by atoms with Crippen molar-refractivity contribution in [1.29, 1.82) is 0 Å². The summed E-state index contributed by atoms with van der Waals surface area (Å²) in [4.78, 5) is 7.46. The van der Waals surface area contributed by atoms with E-state index >= 15 is 0 Å². The second-order valence-electron chi connectivity index (χ2n) is 7.45. The van der Waals surface area contributed by atoms with Crippen LogP contribution >= 0.6 is 0 Å². The van der Waals surface area contributed by atoms with E-state index in [0.717, 1.165) is 50.9 Å². The Labute approximate surface area is 169 Å². The molecular weight excluding hydrogens is 376 g/mol. The summed E-state index contributed by atoms with van der Waals surface area (Å²) < 4.78 is 28.6. The van der Waals surface area contributed by atoms with Crippen molar-refractivity contribution >= 4 is 15.8 Å². The molecule has 8 heteroatoms. The second kappa shape index (κ2) is 10.8. The van der Waals surface area contributed by atoms with Crippen molar-refractivity contribution in [3.8, 4) is 0 Å². The summed E-state index contributed by atoms with van der Waals surface area (Å²) in [5.41, 5.74) is 0.971. The van der Waals surface area contributed by atoms with Crippen LogP contribution in [0.25, 0.3) is 0 Å². The minimum absolute atomic E-state index is 0.329. The lowest BCUT2D eigenvalue weighted by Crippen LogP contribution is -2.52. The monoisotopic (exact) mass is 410 g/mol. The molecule has 1 fully saturated rings. The van der Waals surface area contributed by atoms with Crippen molar-refractivity contribution in [3.05, 3.63) is 29.8 Å². The highest BCUT2D eigenvalue weighted by molar-refractivity contribution is 7.90. The molecule has 2 rings (SSSR count). The molecule has 1 atom stereocenters. The van der Waals surface area contributed by atoms with E-state index < -0.39 is 9.84 Å². The molecule has 2 N–H and O–H groups in total. The first kappa shape index (κ1) is 22.6. The van der Waals surface area contributed by atoms with Gasteiger partial charge >= 0.3 is 0 Å². The van der Waals surface area contributed by atoms with E-state index in [4.69, 9.17) is 4.74 Å². The van der Waals surface area contributed by atoms with Crippen molar-refractivity contribution in [2.45, 2.75) is 38.3 Å². The number of nitrogens with one attached hydrogen (secondary N) is 2. The van der Waals surface area contributed by atoms with E-state index in [9.17, 15) is 8.42 Å². The second-order valence-corrected chi connectivity index (χ2v) is 9.47. The zero-order valence-electron chi connectivity index (χ0n) is 17.4. The van der Waals surface area contributed by atoms with Gasteiger partial charge in [-0.3, -0.25) is 4.90 Å². The normalized spacial score (nSPS) is 17.5. The molecule has 0 aromatic heterocycles. The Morgan fingerprint density at radius 1 is 1.18 bits per heavy atom. The van der Waals surface area contributed by atoms with E-state index in [-0.39, 0.29) is 0 Å². The topological polar surface area (TPSA) is 83.0 Å². The van der Waals surface area contributed by atoms with Crippen LogP contribution in [0.3, 0.4) is 0 Å². The minimum Gasteiger partial charge on any atom is -0.379 e. The fourth-order valence-electron chi connectivity index (χ4n) is 3.25. The van der Waals surface area contributed by atoms with Gasteiger partial charge in [-0.15, -0.1) is 0 Å². The van der Waals surface area contributed by atoms with Gasteiger partial charge in [0.05, 0.1) is 24.7 Å². The van der Waals surface area contributed by atoms with Crippen LogP contribution in [0.4, 0.5) is 0 Å². The van der Waals surface area contributed by atoms with E-state index in [0.29, 0.717) is 23.4 Å². The molecule has 0 bridgehead atoms. The maximum Gasteiger partial charge on any atom is 0.191 e. The highest BCUT2D eigenvalue weighted by atomic mass is 32.2. The van der Waals surface area contributed by atoms with Gasteiger partial charge in [0.1, 0.15) is 0 Å². The molecule has 1 aromatic carbocycles. The van der Waals surface area contributed by atoms with Gasteiger partial charge in [-0.1, -0.05) is 26.0 Å². The summed E-state index contributed by atoms with van der Waals surface area (Å²) in [5, 5.41) is 6.75. The molecule has 1 heterocycles. The average molecular weight is 411 g/mol. The average Bonchev–Trinajstić information content (AvgIpc) is 2.66. The summed E-state index contributed by atoms with van der Waals surface area (Å²) in [5.74, 6) is 1.30. The van der Waals surface area contributed by atoms with Gasteiger partial charge < -0.3 is 15.4 Å². The number of benzene rings is 1. The molecular formula is C20H34N4O3S. The lowest BCUT2D eigenvalue weighted by atomic mass is 10.0. The van der Waals surface area contributed by atoms with Crippen LogP contribution in [0, 0.1) is 5.92 Å². The molecule has 0 spiro atoms. The van der Waals surface area contributed by atoms with Gasteiger partial charge in [0.25, 0.3) is 0 Å². The third-order valence-corrected chi connectivity index (χ3v) is 6.01. The molecule has 0 saturated carbocycles. The third-order valence-electron chi connectivity index (χ3n) is 4.88. The Bertz CT molecular complexity index is 726. The van der Waals surface area contributed by atoms with Gasteiger partial charge in [0, 0.05) is 38.5 Å². The highest BCUT2D eigenvalue weighted by Gasteiger charge is 2.23. The van der Waals surface area contributed by atoms with Crippen molar-refractivity contribution in [2.75, 3.05) is 45.6 Å². The van der Waals surface area contributed by atoms with E-state index in [1.54, 1.807) is 12.1 Å². The Morgan fingerprint density at radius 2 is 1.82 bits per heavy atom. The summed E-state index contributed by atoms with van der Waals surface area (Å²) in [6, 6.07) is 7.31. The van der Waals surface area contributed by atoms with Crippen molar-refractivity contribution in [1.82, 2.24) is 15.5 Å². The maximum absolute atomic E-state index is 11.6. The number of guanidine groups is 1. The minimum atomic E-state index is -3.17. The van der Waals surface area contributed by atoms with Crippen molar-refractivity contribution < 1.29 is 13.2 Å². The van der Waals surface area contributed by atoms with Crippen LogP contribution in [0.5, 0.6) is 0 Å². The number of sulfone groups is 1. The predicted octanol–water partition coefficient (Wildman–Crippen LogP) is 1.50. The Hall–Kier alpha value is -1.64. The smallest absolute Gasteiger partial charge is 0.191 e. The summed E-state index contributed by atoms with van der Waals surface area (Å²) in [7, 11) is -3.17. The van der Waals surface area contributed by atoms with Gasteiger partial charge in [-0.05, 0) is 30.5 Å². The molecule has 7 nitrogen and oxygen atoms in total. The molecule has 28 heavy (non-hydrogen) atoms. The maximum atomic E-state index is 11.6. The Kier molecular flexibility index (Phi) is 8.72. The first-order chi connectivity index (χ1) is 13.3. The van der Waals surface area contributed by atoms with Crippen molar-refractivity contribution in [2.24, 2.45) is 10.9 Å². The number of hydrogen-bond acceptors (Lipinski definition) is 5. The largest absolute Gasteiger partial charge is 0.379 e. The SMILES string of the molecule is CCNC(=NCc1ccc(S(C)(=O)=O)cc1)NCC(C(C)C)N1CCOCC1. The highest BCUT2D eigenvalue weighted by Crippen LogP contribution is 2.13. The Balaban J connectivity index is 1.98. The molecule has 0 aliphatic carbocycles. The quantitative estimate of drug-likeness (QED) is 0.499. The number of nitrogens with zero attached hydrogens (tertiary/aromatic N) is 2. The van der Waals surface area contributed by atoms with Crippen LogP contribution in [-0.2, 0) is 21.1 Å². The molecule has 0 amide bonds. The van der Waals surface area contributed by atoms with Crippen LogP contribution in [0.15, 0.2) is 34.2 Å². The van der Waals surface area contributed by atoms with Gasteiger partial charge in [0.15, 0.2) is 15.8 Å². The number of aliphatic imine (C=N–C) groups is 1. The first-order valence-electron chi connectivity index (χ1n) is 9.94. The first-order valence-corrected chi connectivity index (χ1v) is 11.8. The third kappa shape index (κ3) is 7.07. The molecule has 1 aromatic rings. The number of rotatable bonds is 8. The van der Waals surface area contributed by atoms with Crippen LogP contribution in [0.1, 0.15) is 26.3 Å². The summed E-state index contributed by atoms with van der Waals surface area (Å²) in [6.07, 6.45) is 1.22. The number of hydrogen-bond donors (Lipinski definition) is 2. The Morgan fingerprint density at radius 3 is 2.36 bits per heavy atom. The number of morpholine rings is 1. The molecule has 1 unspecified atom stereocenters. The van der Waals surface area contributed by atoms with Gasteiger partial charge in [-0.25, -0.2) is 13.4 Å². The van der Waals surface area contributed by atoms with E-state index in [2.05, 4.69) is 34.4 Å². The molecule has 1 saturated heterocycles. The van der Waals surface area contributed by atoms with E-state index in [1.807, 2.05) is 19.1 Å². The fourth-order valence-corrected chi connectivity index (χ4v) is 3.88. The van der Waals surface area contributed by atoms with Gasteiger partial charge in [0.2, 0.25) is 0 Å². The van der Waals surface area contributed by atoms with Crippen molar-refractivity contribution in [3.63, 3.8) is 0 Å². The molecule has 1 aliphatic rings. The van der Waals surface area contributed by atoms with Crippen LogP contribution < -0.4 is 10.6 Å². The van der Waals surface area contributed by atoms with Crippen LogP contribution in [-0.4, -0.2) is 71.0 Å². The lowest BCUT2D eigenvalue weighted by Gasteiger charge is -2.37. The summed E-state index contributed by atoms with van der Waals surface area (Å²) >= 11 is 0. The van der Waals surface area contributed by atoms with Crippen LogP contribution in [0.2, 0.25) is 0 Å². The van der Waals surface area contributed by atoms with E-state index in [1.165, 1.54) is 6.26 Å². The van der Waals surface area contributed by atoms with Gasteiger partial charge in [-0.2, -0.15) is 0 Å². The molecule has 1 aliphatic heterocycles. The fraction of sp³-hybridized carbons (Fsp3) is 0.650.